The Morgan fingerprint density at radius 1 is 1.26 bits per heavy atom. The highest BCUT2D eigenvalue weighted by Gasteiger charge is 2.50. The van der Waals surface area contributed by atoms with Crippen molar-refractivity contribution in [1.82, 2.24) is 14.9 Å². The predicted octanol–water partition coefficient (Wildman–Crippen LogP) is 2.51. The molecule has 1 N–H and O–H groups in total. The van der Waals surface area contributed by atoms with Crippen molar-refractivity contribution in [2.75, 3.05) is 7.05 Å². The summed E-state index contributed by atoms with van der Waals surface area (Å²) in [6.45, 7) is 2.78. The topological polar surface area (TPSA) is 126 Å². The van der Waals surface area contributed by atoms with Crippen LogP contribution in [0.4, 0.5) is 9.18 Å². The number of fused-ring (bicyclic) bond motifs is 5. The number of nitrogens with zero attached hydrogens (tertiary/aromatic N) is 2. The summed E-state index contributed by atoms with van der Waals surface area (Å²) in [5.41, 5.74) is 0.152. The van der Waals surface area contributed by atoms with Gasteiger partial charge in [0.05, 0.1) is 29.0 Å². The first-order valence-electron chi connectivity index (χ1n) is 10.9. The minimum atomic E-state index is -1.74. The molecular weight excluding hydrogens is 461 g/mol. The number of cyclic esters (lactones) is 1. The van der Waals surface area contributed by atoms with Gasteiger partial charge in [-0.05, 0) is 24.6 Å². The molecule has 0 spiro atoms. The van der Waals surface area contributed by atoms with E-state index < -0.39 is 35.0 Å². The molecule has 2 aromatic heterocycles. The maximum atomic E-state index is 14.6. The molecule has 1 aromatic carbocycles. The van der Waals surface area contributed by atoms with Crippen LogP contribution in [0.3, 0.4) is 0 Å². The van der Waals surface area contributed by atoms with Gasteiger partial charge in [-0.15, -0.1) is 0 Å². The fourth-order valence-corrected chi connectivity index (χ4v) is 4.62. The lowest BCUT2D eigenvalue weighted by atomic mass is 9.85. The smallest absolute Gasteiger partial charge is 0.412 e. The fraction of sp³-hybridized carbons (Fsp3) is 0.292. The van der Waals surface area contributed by atoms with E-state index in [1.54, 1.807) is 19.1 Å². The molecule has 0 aliphatic carbocycles. The van der Waals surface area contributed by atoms with Crippen molar-refractivity contribution in [1.29, 1.82) is 0 Å². The second-order valence-electron chi connectivity index (χ2n) is 8.27. The van der Waals surface area contributed by atoms with Crippen molar-refractivity contribution in [3.8, 4) is 17.1 Å². The van der Waals surface area contributed by atoms with Crippen LogP contribution in [-0.2, 0) is 37.8 Å². The average Bonchev–Trinajstić information content (AvgIpc) is 3.17. The minimum absolute atomic E-state index is 0.0681. The van der Waals surface area contributed by atoms with Gasteiger partial charge >= 0.3 is 18.0 Å². The molecule has 10 nitrogen and oxygen atoms in total. The van der Waals surface area contributed by atoms with Crippen LogP contribution < -0.4 is 15.6 Å². The molecule has 1 amide bonds. The number of aromatic nitrogens is 2. The monoisotopic (exact) mass is 481 g/mol. The Labute approximate surface area is 197 Å². The second kappa shape index (κ2) is 7.90. The number of halogens is 1. The van der Waals surface area contributed by atoms with Gasteiger partial charge in [-0.3, -0.25) is 9.59 Å². The molecule has 0 bridgehead atoms. The van der Waals surface area contributed by atoms with Gasteiger partial charge in [-0.25, -0.2) is 19.0 Å². The van der Waals surface area contributed by atoms with E-state index in [2.05, 4.69) is 10.3 Å². The van der Waals surface area contributed by atoms with E-state index in [0.717, 1.165) is 6.07 Å². The van der Waals surface area contributed by atoms with Crippen LogP contribution in [-0.4, -0.2) is 34.6 Å². The highest BCUT2D eigenvalue weighted by Crippen LogP contribution is 2.41. The standard InChI is InChI=1S/C24H20FN3O7/c1-4-24(35-11(2)29)15-7-18-20-13(9-28(18)21(30)14(15)10-33-22(24)31)5-12-6-19(34-23(32)26-3)16(25)8-17(12)27-20/h5-8H,4,9-10H2,1-3H3,(H,26,32)/t24-/m0/s1. The molecular formula is C24H20FN3O7. The Bertz CT molecular complexity index is 1510. The first kappa shape index (κ1) is 22.5. The van der Waals surface area contributed by atoms with Gasteiger partial charge in [-0.2, -0.15) is 0 Å². The van der Waals surface area contributed by atoms with Crippen LogP contribution in [0.2, 0.25) is 0 Å². The van der Waals surface area contributed by atoms with Crippen molar-refractivity contribution in [2.24, 2.45) is 0 Å². The lowest BCUT2D eigenvalue weighted by molar-refractivity contribution is -0.188. The third-order valence-corrected chi connectivity index (χ3v) is 6.25. The number of carbonyl (C=O) groups is 3. The summed E-state index contributed by atoms with van der Waals surface area (Å²) in [5.74, 6) is -2.47. The Balaban J connectivity index is 1.69. The molecule has 0 unspecified atom stereocenters. The van der Waals surface area contributed by atoms with Crippen LogP contribution in [0.5, 0.6) is 5.75 Å². The summed E-state index contributed by atoms with van der Waals surface area (Å²) in [4.78, 5) is 54.1. The summed E-state index contributed by atoms with van der Waals surface area (Å²) < 4.78 is 31.7. The lowest BCUT2D eigenvalue weighted by Gasteiger charge is -2.35. The number of hydrogen-bond donors (Lipinski definition) is 1. The third-order valence-electron chi connectivity index (χ3n) is 6.25. The molecule has 2 aliphatic heterocycles. The predicted molar refractivity (Wildman–Crippen MR) is 119 cm³/mol. The van der Waals surface area contributed by atoms with Crippen molar-refractivity contribution < 1.29 is 33.0 Å². The van der Waals surface area contributed by atoms with E-state index in [9.17, 15) is 23.6 Å². The first-order valence-corrected chi connectivity index (χ1v) is 10.9. The number of ether oxygens (including phenoxy) is 3. The molecule has 0 saturated carbocycles. The number of esters is 2. The Hall–Kier alpha value is -4.28. The minimum Gasteiger partial charge on any atom is -0.457 e. The number of nitrogens with one attached hydrogen (secondary N) is 1. The largest absolute Gasteiger partial charge is 0.457 e. The van der Waals surface area contributed by atoms with Crippen LogP contribution in [0, 0.1) is 5.82 Å². The normalized spacial score (nSPS) is 17.8. The molecule has 0 radical (unpaired) electrons. The van der Waals surface area contributed by atoms with Crippen LogP contribution in [0.25, 0.3) is 22.3 Å². The quantitative estimate of drug-likeness (QED) is 0.443. The number of rotatable bonds is 3. The highest BCUT2D eigenvalue weighted by molar-refractivity contribution is 5.88. The number of pyridine rings is 2. The molecule has 5 rings (SSSR count). The average molecular weight is 481 g/mol. The van der Waals surface area contributed by atoms with E-state index in [1.807, 2.05) is 0 Å². The number of benzene rings is 1. The van der Waals surface area contributed by atoms with E-state index in [1.165, 1.54) is 24.6 Å². The van der Waals surface area contributed by atoms with Gasteiger partial charge in [0.25, 0.3) is 5.56 Å². The highest BCUT2D eigenvalue weighted by atomic mass is 19.1. The van der Waals surface area contributed by atoms with Crippen LogP contribution in [0.1, 0.15) is 37.0 Å². The van der Waals surface area contributed by atoms with E-state index in [-0.39, 0.29) is 42.0 Å². The van der Waals surface area contributed by atoms with Gasteiger partial charge in [0.15, 0.2) is 11.6 Å². The summed E-state index contributed by atoms with van der Waals surface area (Å²) in [6.07, 6.45) is -0.746. The lowest BCUT2D eigenvalue weighted by Crippen LogP contribution is -2.47. The SMILES string of the molecule is CC[C@@]1(OC(C)=O)C(=O)OCc2c1cc1n(c2=O)Cc2cc3cc(OC(=O)NC)c(F)cc3nc2-1. The second-order valence-corrected chi connectivity index (χ2v) is 8.27. The van der Waals surface area contributed by atoms with Crippen molar-refractivity contribution >= 4 is 28.9 Å². The van der Waals surface area contributed by atoms with E-state index >= 15 is 0 Å². The summed E-state index contributed by atoms with van der Waals surface area (Å²) in [7, 11) is 1.36. The van der Waals surface area contributed by atoms with Crippen LogP contribution >= 0.6 is 0 Å². The Morgan fingerprint density at radius 2 is 2.03 bits per heavy atom. The Morgan fingerprint density at radius 3 is 2.71 bits per heavy atom. The van der Waals surface area contributed by atoms with Crippen molar-refractivity contribution in [3.05, 3.63) is 57.1 Å². The molecule has 0 saturated heterocycles. The molecule has 0 fully saturated rings. The molecule has 35 heavy (non-hydrogen) atoms. The fourth-order valence-electron chi connectivity index (χ4n) is 4.62. The first-order chi connectivity index (χ1) is 16.7. The molecule has 1 atom stereocenters. The molecule has 3 aromatic rings. The molecule has 4 heterocycles. The Kier molecular flexibility index (Phi) is 5.08. The molecule has 180 valence electrons. The maximum Gasteiger partial charge on any atom is 0.412 e. The van der Waals surface area contributed by atoms with Gasteiger partial charge in [0.2, 0.25) is 5.60 Å². The molecule has 11 heteroatoms. The number of amides is 1. The zero-order valence-corrected chi connectivity index (χ0v) is 19.1. The summed E-state index contributed by atoms with van der Waals surface area (Å²) in [6, 6.07) is 5.85. The zero-order valence-electron chi connectivity index (χ0n) is 19.1. The number of hydrogen-bond acceptors (Lipinski definition) is 8. The van der Waals surface area contributed by atoms with E-state index in [0.29, 0.717) is 22.3 Å². The van der Waals surface area contributed by atoms with Gasteiger partial charge in [-0.1, -0.05) is 6.92 Å². The summed E-state index contributed by atoms with van der Waals surface area (Å²) >= 11 is 0. The van der Waals surface area contributed by atoms with E-state index in [4.69, 9.17) is 14.2 Å². The van der Waals surface area contributed by atoms with Gasteiger partial charge in [0.1, 0.15) is 6.61 Å². The van der Waals surface area contributed by atoms with Crippen molar-refractivity contribution in [3.63, 3.8) is 0 Å². The van der Waals surface area contributed by atoms with Crippen LogP contribution in [0.15, 0.2) is 29.1 Å². The zero-order chi connectivity index (χ0) is 25.1. The third kappa shape index (κ3) is 3.34. The summed E-state index contributed by atoms with van der Waals surface area (Å²) in [5, 5.41) is 2.76. The van der Waals surface area contributed by atoms with Crippen molar-refractivity contribution in [2.45, 2.75) is 39.0 Å². The van der Waals surface area contributed by atoms with Gasteiger partial charge < -0.3 is 24.1 Å². The molecule has 2 aliphatic rings. The van der Waals surface area contributed by atoms with Gasteiger partial charge in [0, 0.05) is 36.6 Å². The number of carbonyl (C=O) groups excluding carboxylic acids is 3. The maximum absolute atomic E-state index is 14.6.